The molecule has 62 heavy (non-hydrogen) atoms. The van der Waals surface area contributed by atoms with Gasteiger partial charge < -0.3 is 23.7 Å². The van der Waals surface area contributed by atoms with E-state index >= 15 is 0 Å². The van der Waals surface area contributed by atoms with Crippen LogP contribution in [-0.4, -0.2) is 25.1 Å². The third-order valence-corrected chi connectivity index (χ3v) is 15.0. The van der Waals surface area contributed by atoms with Gasteiger partial charge in [0.25, 0.3) is 0 Å². The fourth-order valence-corrected chi connectivity index (χ4v) is 12.2. The molecule has 8 aromatic rings. The summed E-state index contributed by atoms with van der Waals surface area (Å²) in [7, 11) is 0. The molecule has 2 atom stereocenters. The number of anilines is 1. The fourth-order valence-electron chi connectivity index (χ4n) is 12.2. The molecule has 0 bridgehead atoms. The Kier molecular flexibility index (Phi) is 9.74. The Bertz CT molecular complexity index is 3040. The van der Waals surface area contributed by atoms with Gasteiger partial charge in [-0.05, 0) is 83.3 Å². The van der Waals surface area contributed by atoms with Crippen LogP contribution in [0.4, 0.5) is 5.69 Å². The standard InChI is InChI=1S/C55H54N5O.Pt/c1-57-51-26-13-11-24-49(51)56-55(57)60-50-25-12-10-21-45(50)46-30-28-40(34-53(46)60)61-41-33-48-42-20-9-8-19-39(42)27-29-47(48)52(35-41)58-31-32-59(36-58)54-43(37-15-4-2-5-16-37)22-14-23-44(54)38-17-6-3-7-18-38;/h8-13,19-21,24-33,36-38,43-44,54H,2-7,14-18,22-23H2,1H3;/q-3;/i1D3;. The van der Waals surface area contributed by atoms with Crippen LogP contribution in [0, 0.1) is 42.5 Å². The van der Waals surface area contributed by atoms with E-state index in [-0.39, 0.29) is 21.1 Å². The average molecular weight is 999 g/mol. The summed E-state index contributed by atoms with van der Waals surface area (Å²) in [5.41, 5.74) is 3.64. The van der Waals surface area contributed by atoms with Gasteiger partial charge >= 0.3 is 0 Å². The van der Waals surface area contributed by atoms with Gasteiger partial charge in [0.2, 0.25) is 5.95 Å². The minimum atomic E-state index is -2.47. The third kappa shape index (κ3) is 6.83. The Balaban J connectivity index is 0.00000469. The number of aryl methyl sites for hydroxylation is 1. The van der Waals surface area contributed by atoms with E-state index in [4.69, 9.17) is 13.8 Å². The summed E-state index contributed by atoms with van der Waals surface area (Å²) in [6.45, 7) is -0.100. The second-order valence-corrected chi connectivity index (χ2v) is 18.3. The molecule has 0 N–H and O–H groups in total. The van der Waals surface area contributed by atoms with Crippen molar-refractivity contribution in [1.82, 2.24) is 19.0 Å². The number of aromatic nitrogens is 3. The first kappa shape index (κ1) is 36.4. The normalized spacial score (nSPS) is 22.4. The van der Waals surface area contributed by atoms with Crippen LogP contribution in [0.15, 0.2) is 116 Å². The molecule has 0 saturated heterocycles. The second-order valence-electron chi connectivity index (χ2n) is 18.3. The maximum Gasteiger partial charge on any atom is 0.213 e. The fraction of sp³-hybridized carbons (Fsp3) is 0.345. The van der Waals surface area contributed by atoms with Crippen LogP contribution >= 0.6 is 0 Å². The van der Waals surface area contributed by atoms with Gasteiger partial charge in [-0.1, -0.05) is 142 Å². The topological polar surface area (TPSA) is 38.5 Å². The summed E-state index contributed by atoms with van der Waals surface area (Å²) in [4.78, 5) is 9.85. The quantitative estimate of drug-likeness (QED) is 0.118. The molecule has 6 nitrogen and oxygen atoms in total. The zero-order chi connectivity index (χ0) is 42.9. The minimum Gasteiger partial charge on any atom is -0.509 e. The zero-order valence-corrected chi connectivity index (χ0v) is 37.4. The molecule has 2 aromatic heterocycles. The molecular formula is C55H54N5OPt-3. The molecule has 2 unspecified atom stereocenters. The number of para-hydroxylation sites is 3. The van der Waals surface area contributed by atoms with Crippen molar-refractivity contribution in [1.29, 1.82) is 0 Å². The molecule has 0 radical (unpaired) electrons. The van der Waals surface area contributed by atoms with Crippen molar-refractivity contribution in [3.8, 4) is 17.4 Å². The van der Waals surface area contributed by atoms with Crippen molar-refractivity contribution in [2.75, 3.05) is 4.90 Å². The molecule has 0 amide bonds. The van der Waals surface area contributed by atoms with Crippen molar-refractivity contribution in [2.24, 2.45) is 30.6 Å². The van der Waals surface area contributed by atoms with Gasteiger partial charge in [0, 0.05) is 55.2 Å². The number of rotatable bonds is 7. The molecule has 1 aliphatic heterocycles. The molecule has 7 heteroatoms. The largest absolute Gasteiger partial charge is 0.509 e. The minimum absolute atomic E-state index is 0. The molecule has 12 rings (SSSR count). The van der Waals surface area contributed by atoms with Crippen LogP contribution in [0.5, 0.6) is 11.5 Å². The third-order valence-electron chi connectivity index (χ3n) is 15.0. The molecule has 0 spiro atoms. The van der Waals surface area contributed by atoms with Crippen LogP contribution in [0.2, 0.25) is 0 Å². The summed E-state index contributed by atoms with van der Waals surface area (Å²) in [5.74, 6) is 4.47. The first-order chi connectivity index (χ1) is 31.4. The number of hydrogen-bond donors (Lipinski definition) is 0. The van der Waals surface area contributed by atoms with Crippen LogP contribution < -0.4 is 9.64 Å². The van der Waals surface area contributed by atoms with E-state index in [1.165, 1.54) is 93.4 Å². The Hall–Kier alpha value is -5.06. The van der Waals surface area contributed by atoms with Crippen molar-refractivity contribution < 1.29 is 29.9 Å². The van der Waals surface area contributed by atoms with Crippen molar-refractivity contribution >= 4 is 60.1 Å². The Morgan fingerprint density at radius 2 is 1.32 bits per heavy atom. The molecule has 6 aromatic carbocycles. The van der Waals surface area contributed by atoms with E-state index in [0.29, 0.717) is 40.0 Å². The predicted octanol–water partition coefficient (Wildman–Crippen LogP) is 14.0. The number of nitrogens with zero attached hydrogens (tertiary/aromatic N) is 5. The molecule has 4 aliphatic rings. The summed E-state index contributed by atoms with van der Waals surface area (Å²) in [6, 6.07) is 42.4. The van der Waals surface area contributed by atoms with E-state index in [9.17, 15) is 0 Å². The van der Waals surface area contributed by atoms with Crippen LogP contribution in [0.3, 0.4) is 0 Å². The van der Waals surface area contributed by atoms with E-state index in [1.807, 2.05) is 59.2 Å². The second kappa shape index (κ2) is 16.6. The summed E-state index contributed by atoms with van der Waals surface area (Å²) < 4.78 is 36.0. The molecule has 3 fully saturated rings. The van der Waals surface area contributed by atoms with Crippen molar-refractivity contribution in [3.05, 3.63) is 134 Å². The van der Waals surface area contributed by atoms with Gasteiger partial charge in [0.1, 0.15) is 0 Å². The monoisotopic (exact) mass is 998 g/mol. The number of hydrogen-bond acceptors (Lipinski definition) is 4. The molecule has 318 valence electrons. The smallest absolute Gasteiger partial charge is 0.213 e. The van der Waals surface area contributed by atoms with Crippen LogP contribution in [0.1, 0.15) is 87.6 Å². The predicted molar refractivity (Wildman–Crippen MR) is 250 cm³/mol. The Morgan fingerprint density at radius 3 is 2.10 bits per heavy atom. The first-order valence-corrected chi connectivity index (χ1v) is 23.0. The van der Waals surface area contributed by atoms with Crippen molar-refractivity contribution in [3.63, 3.8) is 0 Å². The van der Waals surface area contributed by atoms with Gasteiger partial charge in [0.15, 0.2) is 0 Å². The molecule has 3 heterocycles. The van der Waals surface area contributed by atoms with Crippen molar-refractivity contribution in [2.45, 2.75) is 89.5 Å². The number of imidazole rings is 1. The first-order valence-electron chi connectivity index (χ1n) is 24.5. The zero-order valence-electron chi connectivity index (χ0n) is 38.1. The maximum absolute atomic E-state index is 8.61. The van der Waals surface area contributed by atoms with Gasteiger partial charge in [-0.3, -0.25) is 0 Å². The van der Waals surface area contributed by atoms with Gasteiger partial charge in [-0.25, -0.2) is 4.98 Å². The van der Waals surface area contributed by atoms with Gasteiger partial charge in [0.05, 0.1) is 11.0 Å². The molecule has 3 saturated carbocycles. The Labute approximate surface area is 384 Å². The summed E-state index contributed by atoms with van der Waals surface area (Å²) >= 11 is 0. The SMILES string of the molecule is [2H]C([2H])([2H])n1c(-n2c3[c-]c(Oc4[c-]c(N5C=CN(C6C(C7CCCCC7)CCCC6C6CCCCC6)[CH-]5)c5ccc6ccccc6c5c4)ccc3c3ccccc32)nc2ccccc21.[Pt]. The average Bonchev–Trinajstić information content (AvgIpc) is 4.06. The number of benzene rings is 6. The number of ether oxygens (including phenoxy) is 1. The van der Waals surface area contributed by atoms with Crippen LogP contribution in [0.25, 0.3) is 60.3 Å². The van der Waals surface area contributed by atoms with E-state index in [2.05, 4.69) is 89.5 Å². The van der Waals surface area contributed by atoms with Gasteiger partial charge in [-0.2, -0.15) is 12.7 Å². The Morgan fingerprint density at radius 1 is 0.629 bits per heavy atom. The van der Waals surface area contributed by atoms with E-state index in [0.717, 1.165) is 61.8 Å². The van der Waals surface area contributed by atoms with Crippen LogP contribution in [-0.2, 0) is 28.0 Å². The summed E-state index contributed by atoms with van der Waals surface area (Å²) in [6.07, 6.45) is 22.5. The number of fused-ring (bicyclic) bond motifs is 7. The maximum atomic E-state index is 8.61. The van der Waals surface area contributed by atoms with Gasteiger partial charge in [-0.15, -0.1) is 46.5 Å². The summed E-state index contributed by atoms with van der Waals surface area (Å²) in [5, 5.41) is 6.45. The van der Waals surface area contributed by atoms with E-state index < -0.39 is 6.98 Å². The molecule has 3 aliphatic carbocycles. The van der Waals surface area contributed by atoms with E-state index in [1.54, 1.807) is 0 Å². The molecular weight excluding hydrogens is 942 g/mol.